The van der Waals surface area contributed by atoms with E-state index in [1.165, 1.54) is 13.2 Å². The molecule has 1 fully saturated rings. The van der Waals surface area contributed by atoms with Gasteiger partial charge in [0.15, 0.2) is 0 Å². The van der Waals surface area contributed by atoms with Gasteiger partial charge in [0.05, 0.1) is 7.11 Å². The Morgan fingerprint density at radius 3 is 2.37 bits per heavy atom. The molecule has 1 amide bonds. The third kappa shape index (κ3) is 5.76. The number of unbranched alkanes of at least 4 members (excludes halogenated alkanes) is 2. The molecule has 1 aliphatic heterocycles. The van der Waals surface area contributed by atoms with Gasteiger partial charge in [-0.15, -0.1) is 0 Å². The van der Waals surface area contributed by atoms with Crippen LogP contribution in [0.3, 0.4) is 0 Å². The Bertz CT molecular complexity index is 812. The number of carbonyl (C=O) groups is 1. The van der Waals surface area contributed by atoms with Crippen LogP contribution in [0.1, 0.15) is 70.7 Å². The van der Waals surface area contributed by atoms with Crippen LogP contribution >= 0.6 is 0 Å². The molecule has 1 saturated heterocycles. The van der Waals surface area contributed by atoms with Gasteiger partial charge in [-0.25, -0.2) is 8.42 Å². The zero-order valence-electron chi connectivity index (χ0n) is 19.3. The smallest absolute Gasteiger partial charge is 0.254 e. The van der Waals surface area contributed by atoms with E-state index in [9.17, 15) is 13.2 Å². The molecule has 0 radical (unpaired) electrons. The lowest BCUT2D eigenvalue weighted by molar-refractivity contribution is 0.0702. The summed E-state index contributed by atoms with van der Waals surface area (Å²) in [6.07, 6.45) is 4.09. The number of hydrogen-bond acceptors (Lipinski definition) is 4. The van der Waals surface area contributed by atoms with Crippen LogP contribution in [0.15, 0.2) is 23.1 Å². The average Bonchev–Trinajstić information content (AvgIpc) is 2.69. The molecule has 1 aromatic carbocycles. The van der Waals surface area contributed by atoms with Gasteiger partial charge in [0.1, 0.15) is 10.6 Å². The fourth-order valence-electron chi connectivity index (χ4n) is 4.24. The third-order valence-corrected chi connectivity index (χ3v) is 7.60. The molecule has 1 heterocycles. The maximum absolute atomic E-state index is 13.5. The van der Waals surface area contributed by atoms with E-state index < -0.39 is 10.0 Å². The van der Waals surface area contributed by atoms with Crippen molar-refractivity contribution in [2.75, 3.05) is 26.7 Å². The molecule has 0 bridgehead atoms. The lowest BCUT2D eigenvalue weighted by Gasteiger charge is -2.34. The van der Waals surface area contributed by atoms with Crippen LogP contribution in [0.5, 0.6) is 5.75 Å². The first-order valence-electron chi connectivity index (χ1n) is 11.1. The third-order valence-electron chi connectivity index (χ3n) is 5.75. The standard InChI is InChI=1S/C23H38N2O4S/c1-7-8-9-12-25(17(2)3)23(26)20-10-11-21(29-6)22(14-20)30(27,28)24-15-18(4)13-19(5)16-24/h10-11,14,17-19H,7-9,12-13,15-16H2,1-6H3. The second-order valence-corrected chi connectivity index (χ2v) is 10.8. The van der Waals surface area contributed by atoms with E-state index in [2.05, 4.69) is 20.8 Å². The second kappa shape index (κ2) is 10.6. The molecule has 6 nitrogen and oxygen atoms in total. The summed E-state index contributed by atoms with van der Waals surface area (Å²) in [7, 11) is -2.30. The maximum Gasteiger partial charge on any atom is 0.254 e. The Morgan fingerprint density at radius 1 is 1.20 bits per heavy atom. The van der Waals surface area contributed by atoms with Crippen molar-refractivity contribution in [2.24, 2.45) is 11.8 Å². The van der Waals surface area contributed by atoms with Gasteiger partial charge in [-0.2, -0.15) is 4.31 Å². The molecule has 170 valence electrons. The van der Waals surface area contributed by atoms with Crippen LogP contribution in [0, 0.1) is 11.8 Å². The van der Waals surface area contributed by atoms with Crippen molar-refractivity contribution in [3.63, 3.8) is 0 Å². The van der Waals surface area contributed by atoms with E-state index in [0.717, 1.165) is 25.7 Å². The number of benzene rings is 1. The van der Waals surface area contributed by atoms with Gasteiger partial charge in [-0.05, 0) is 56.7 Å². The molecule has 0 spiro atoms. The highest BCUT2D eigenvalue weighted by molar-refractivity contribution is 7.89. The predicted octanol–water partition coefficient (Wildman–Crippen LogP) is 4.40. The normalized spacial score (nSPS) is 20.4. The van der Waals surface area contributed by atoms with Crippen molar-refractivity contribution in [1.29, 1.82) is 0 Å². The first-order valence-corrected chi connectivity index (χ1v) is 12.5. The highest BCUT2D eigenvalue weighted by Crippen LogP contribution is 2.32. The Kier molecular flexibility index (Phi) is 8.73. The number of carbonyl (C=O) groups excluding carboxylic acids is 1. The van der Waals surface area contributed by atoms with Crippen molar-refractivity contribution in [3.05, 3.63) is 23.8 Å². The minimum Gasteiger partial charge on any atom is -0.495 e. The van der Waals surface area contributed by atoms with E-state index >= 15 is 0 Å². The summed E-state index contributed by atoms with van der Waals surface area (Å²) in [6, 6.07) is 4.80. The zero-order valence-corrected chi connectivity index (χ0v) is 20.2. The second-order valence-electron chi connectivity index (χ2n) is 8.93. The number of sulfonamides is 1. The van der Waals surface area contributed by atoms with Crippen LogP contribution in [-0.4, -0.2) is 56.3 Å². The first-order chi connectivity index (χ1) is 14.1. The molecule has 2 rings (SSSR count). The van der Waals surface area contributed by atoms with E-state index in [1.807, 2.05) is 18.7 Å². The van der Waals surface area contributed by atoms with Crippen molar-refractivity contribution in [3.8, 4) is 5.75 Å². The van der Waals surface area contributed by atoms with E-state index in [0.29, 0.717) is 37.0 Å². The summed E-state index contributed by atoms with van der Waals surface area (Å²) in [5.74, 6) is 0.740. The quantitative estimate of drug-likeness (QED) is 0.536. The summed E-state index contributed by atoms with van der Waals surface area (Å²) in [6.45, 7) is 11.9. The largest absolute Gasteiger partial charge is 0.495 e. The van der Waals surface area contributed by atoms with Crippen LogP contribution in [-0.2, 0) is 10.0 Å². The number of piperidine rings is 1. The number of ether oxygens (including phenoxy) is 1. The van der Waals surface area contributed by atoms with Gasteiger partial charge in [0, 0.05) is 31.2 Å². The number of rotatable bonds is 9. The molecular weight excluding hydrogens is 400 g/mol. The fraction of sp³-hybridized carbons (Fsp3) is 0.696. The van der Waals surface area contributed by atoms with Crippen molar-refractivity contribution >= 4 is 15.9 Å². The topological polar surface area (TPSA) is 66.9 Å². The molecule has 1 aromatic rings. The summed E-state index contributed by atoms with van der Waals surface area (Å²) in [5.41, 5.74) is 0.387. The molecule has 0 aliphatic carbocycles. The fourth-order valence-corrected chi connectivity index (χ4v) is 6.11. The highest BCUT2D eigenvalue weighted by atomic mass is 32.2. The van der Waals surface area contributed by atoms with Gasteiger partial charge in [-0.1, -0.05) is 33.6 Å². The highest BCUT2D eigenvalue weighted by Gasteiger charge is 2.34. The summed E-state index contributed by atoms with van der Waals surface area (Å²) < 4.78 is 33.8. The Balaban J connectivity index is 2.39. The van der Waals surface area contributed by atoms with Crippen molar-refractivity contribution in [2.45, 2.75) is 71.2 Å². The zero-order chi connectivity index (χ0) is 22.5. The minimum atomic E-state index is -3.76. The number of hydrogen-bond donors (Lipinski definition) is 0. The summed E-state index contributed by atoms with van der Waals surface area (Å²) in [4.78, 5) is 15.1. The Hall–Kier alpha value is -1.60. The molecule has 2 unspecified atom stereocenters. The van der Waals surface area contributed by atoms with Crippen LogP contribution in [0.2, 0.25) is 0 Å². The van der Waals surface area contributed by atoms with Gasteiger partial charge in [0.2, 0.25) is 10.0 Å². The summed E-state index contributed by atoms with van der Waals surface area (Å²) >= 11 is 0. The lowest BCUT2D eigenvalue weighted by atomic mass is 9.94. The average molecular weight is 439 g/mol. The SMILES string of the molecule is CCCCCN(C(=O)c1ccc(OC)c(S(=O)(=O)N2CC(C)CC(C)C2)c1)C(C)C. The number of nitrogens with zero attached hydrogens (tertiary/aromatic N) is 2. The van der Waals surface area contributed by atoms with E-state index in [4.69, 9.17) is 4.74 Å². The van der Waals surface area contributed by atoms with Gasteiger partial charge >= 0.3 is 0 Å². The molecule has 0 aromatic heterocycles. The molecular formula is C23H38N2O4S. The summed E-state index contributed by atoms with van der Waals surface area (Å²) in [5, 5.41) is 0. The number of methoxy groups -OCH3 is 1. The monoisotopic (exact) mass is 438 g/mol. The van der Waals surface area contributed by atoms with Crippen molar-refractivity contribution < 1.29 is 17.9 Å². The van der Waals surface area contributed by atoms with Gasteiger partial charge in [0.25, 0.3) is 5.91 Å². The minimum absolute atomic E-state index is 0.0420. The molecule has 0 N–H and O–H groups in total. The maximum atomic E-state index is 13.5. The predicted molar refractivity (Wildman–Crippen MR) is 120 cm³/mol. The molecule has 7 heteroatoms. The van der Waals surface area contributed by atoms with Gasteiger partial charge in [-0.3, -0.25) is 4.79 Å². The molecule has 1 aliphatic rings. The lowest BCUT2D eigenvalue weighted by Crippen LogP contribution is -2.42. The molecule has 30 heavy (non-hydrogen) atoms. The van der Waals surface area contributed by atoms with Crippen LogP contribution in [0.4, 0.5) is 0 Å². The Morgan fingerprint density at radius 2 is 1.83 bits per heavy atom. The molecule has 0 saturated carbocycles. The van der Waals surface area contributed by atoms with E-state index in [1.54, 1.807) is 16.4 Å². The number of amides is 1. The Labute approximate surface area is 182 Å². The molecule has 2 atom stereocenters. The first kappa shape index (κ1) is 24.7. The van der Waals surface area contributed by atoms with E-state index in [-0.39, 0.29) is 22.6 Å². The van der Waals surface area contributed by atoms with Gasteiger partial charge < -0.3 is 9.64 Å². The van der Waals surface area contributed by atoms with Crippen LogP contribution in [0.25, 0.3) is 0 Å². The van der Waals surface area contributed by atoms with Crippen LogP contribution < -0.4 is 4.74 Å². The van der Waals surface area contributed by atoms with Crippen molar-refractivity contribution in [1.82, 2.24) is 9.21 Å².